The van der Waals surface area contributed by atoms with E-state index in [0.717, 1.165) is 36.7 Å². The van der Waals surface area contributed by atoms with Gasteiger partial charge in [-0.1, -0.05) is 13.0 Å². The number of ether oxygens (including phenoxy) is 2. The van der Waals surface area contributed by atoms with Gasteiger partial charge in [-0.15, -0.1) is 0 Å². The van der Waals surface area contributed by atoms with Crippen molar-refractivity contribution >= 4 is 5.82 Å². The fourth-order valence-corrected chi connectivity index (χ4v) is 3.11. The van der Waals surface area contributed by atoms with Crippen LogP contribution in [0.1, 0.15) is 30.5 Å². The molecule has 0 amide bonds. The highest BCUT2D eigenvalue weighted by Crippen LogP contribution is 2.37. The molecule has 0 saturated carbocycles. The zero-order valence-corrected chi connectivity index (χ0v) is 12.1. The molecule has 0 bridgehead atoms. The van der Waals surface area contributed by atoms with Crippen molar-refractivity contribution in [3.63, 3.8) is 0 Å². The molecule has 5 nitrogen and oxygen atoms in total. The number of nitrogens with one attached hydrogen (secondary N) is 1. The average molecular weight is 285 g/mol. The summed E-state index contributed by atoms with van der Waals surface area (Å²) in [5.74, 6) is 2.85. The largest absolute Gasteiger partial charge is 0.486 e. The van der Waals surface area contributed by atoms with Gasteiger partial charge in [-0.25, -0.2) is 4.68 Å². The first-order valence-corrected chi connectivity index (χ1v) is 7.56. The maximum absolute atomic E-state index is 5.70. The number of fused-ring (bicyclic) bond motifs is 2. The predicted octanol–water partition coefficient (Wildman–Crippen LogP) is 2.62. The highest BCUT2D eigenvalue weighted by molar-refractivity contribution is 5.49. The van der Waals surface area contributed by atoms with Crippen molar-refractivity contribution < 1.29 is 9.47 Å². The van der Waals surface area contributed by atoms with E-state index in [1.54, 1.807) is 0 Å². The van der Waals surface area contributed by atoms with Crippen LogP contribution in [0.25, 0.3) is 0 Å². The molecule has 0 saturated heterocycles. The van der Waals surface area contributed by atoms with Crippen LogP contribution >= 0.6 is 0 Å². The molecule has 0 spiro atoms. The van der Waals surface area contributed by atoms with E-state index < -0.39 is 0 Å². The lowest BCUT2D eigenvalue weighted by molar-refractivity contribution is 0.171. The molecule has 0 radical (unpaired) electrons. The van der Waals surface area contributed by atoms with Gasteiger partial charge in [0.05, 0.1) is 12.2 Å². The fourth-order valence-electron chi connectivity index (χ4n) is 3.11. The normalized spacial score (nSPS) is 19.8. The van der Waals surface area contributed by atoms with Crippen molar-refractivity contribution in [2.45, 2.75) is 25.8 Å². The Morgan fingerprint density at radius 3 is 3.00 bits per heavy atom. The smallest absolute Gasteiger partial charge is 0.161 e. The van der Waals surface area contributed by atoms with Crippen molar-refractivity contribution in [3.8, 4) is 11.5 Å². The summed E-state index contributed by atoms with van der Waals surface area (Å²) in [6.07, 6.45) is 3.99. The van der Waals surface area contributed by atoms with Gasteiger partial charge >= 0.3 is 0 Å². The summed E-state index contributed by atoms with van der Waals surface area (Å²) in [5.41, 5.74) is 2.50. The van der Waals surface area contributed by atoms with Crippen LogP contribution in [0.2, 0.25) is 0 Å². The lowest BCUT2D eigenvalue weighted by Gasteiger charge is -2.28. The molecular formula is C16H19N3O2. The Morgan fingerprint density at radius 2 is 2.14 bits per heavy atom. The molecule has 4 rings (SSSR count). The van der Waals surface area contributed by atoms with Crippen molar-refractivity contribution in [2.75, 3.05) is 25.1 Å². The second-order valence-electron chi connectivity index (χ2n) is 5.45. The van der Waals surface area contributed by atoms with Gasteiger partial charge in [0.1, 0.15) is 19.0 Å². The van der Waals surface area contributed by atoms with Crippen LogP contribution in [0.15, 0.2) is 24.4 Å². The van der Waals surface area contributed by atoms with Gasteiger partial charge in [-0.05, 0) is 30.5 Å². The van der Waals surface area contributed by atoms with Crippen LogP contribution in [0, 0.1) is 0 Å². The van der Waals surface area contributed by atoms with Gasteiger partial charge in [-0.3, -0.25) is 0 Å². The number of anilines is 1. The highest BCUT2D eigenvalue weighted by atomic mass is 16.6. The molecule has 0 aliphatic carbocycles. The molecule has 1 atom stereocenters. The fraction of sp³-hybridized carbons (Fsp3) is 0.438. The molecular weight excluding hydrogens is 266 g/mol. The first kappa shape index (κ1) is 12.6. The molecule has 1 unspecified atom stereocenters. The number of nitrogens with zero attached hydrogens (tertiary/aromatic N) is 2. The minimum Gasteiger partial charge on any atom is -0.486 e. The van der Waals surface area contributed by atoms with Crippen LogP contribution in [0.5, 0.6) is 11.5 Å². The molecule has 1 aromatic heterocycles. The van der Waals surface area contributed by atoms with E-state index in [4.69, 9.17) is 9.47 Å². The monoisotopic (exact) mass is 285 g/mol. The lowest BCUT2D eigenvalue weighted by atomic mass is 10.0. The Labute approximate surface area is 123 Å². The maximum Gasteiger partial charge on any atom is 0.161 e. The zero-order valence-electron chi connectivity index (χ0n) is 12.1. The van der Waals surface area contributed by atoms with Gasteiger partial charge < -0.3 is 14.8 Å². The summed E-state index contributed by atoms with van der Waals surface area (Å²) in [7, 11) is 0. The first-order chi connectivity index (χ1) is 10.4. The van der Waals surface area contributed by atoms with E-state index in [1.165, 1.54) is 11.1 Å². The van der Waals surface area contributed by atoms with Crippen molar-refractivity contribution in [1.82, 2.24) is 9.78 Å². The topological polar surface area (TPSA) is 48.3 Å². The molecule has 21 heavy (non-hydrogen) atoms. The van der Waals surface area contributed by atoms with Crippen LogP contribution in [0.4, 0.5) is 5.82 Å². The molecule has 5 heteroatoms. The number of hydrogen-bond acceptors (Lipinski definition) is 4. The van der Waals surface area contributed by atoms with E-state index in [1.807, 2.05) is 12.3 Å². The third-order valence-corrected chi connectivity index (χ3v) is 4.21. The Morgan fingerprint density at radius 1 is 1.29 bits per heavy atom. The van der Waals surface area contributed by atoms with E-state index in [9.17, 15) is 0 Å². The van der Waals surface area contributed by atoms with Gasteiger partial charge in [-0.2, -0.15) is 5.10 Å². The van der Waals surface area contributed by atoms with Crippen molar-refractivity contribution in [2.24, 2.45) is 0 Å². The van der Waals surface area contributed by atoms with Crippen LogP contribution in [-0.2, 0) is 6.42 Å². The molecule has 2 aliphatic rings. The highest BCUT2D eigenvalue weighted by Gasteiger charge is 2.25. The quantitative estimate of drug-likeness (QED) is 0.921. The van der Waals surface area contributed by atoms with E-state index >= 15 is 0 Å². The van der Waals surface area contributed by atoms with Gasteiger partial charge in [0, 0.05) is 12.1 Å². The minimum atomic E-state index is 0.261. The first-order valence-electron chi connectivity index (χ1n) is 7.56. The van der Waals surface area contributed by atoms with Gasteiger partial charge in [0.25, 0.3) is 0 Å². The third-order valence-electron chi connectivity index (χ3n) is 4.21. The number of rotatable bonds is 2. The Hall–Kier alpha value is -2.17. The van der Waals surface area contributed by atoms with Crippen LogP contribution in [0.3, 0.4) is 0 Å². The lowest BCUT2D eigenvalue weighted by Crippen LogP contribution is -2.25. The number of hydrogen-bond donors (Lipinski definition) is 1. The number of aromatic nitrogens is 2. The van der Waals surface area contributed by atoms with E-state index in [-0.39, 0.29) is 6.04 Å². The van der Waals surface area contributed by atoms with Crippen molar-refractivity contribution in [3.05, 3.63) is 35.5 Å². The van der Waals surface area contributed by atoms with Crippen LogP contribution < -0.4 is 14.8 Å². The number of aryl methyl sites for hydroxylation is 1. The Bertz CT molecular complexity index is 666. The average Bonchev–Trinajstić information content (AvgIpc) is 2.97. The molecule has 1 N–H and O–H groups in total. The second-order valence-corrected chi connectivity index (χ2v) is 5.45. The summed E-state index contributed by atoms with van der Waals surface area (Å²) >= 11 is 0. The van der Waals surface area contributed by atoms with E-state index in [2.05, 4.69) is 34.2 Å². The Kier molecular flexibility index (Phi) is 2.98. The second kappa shape index (κ2) is 4.98. The maximum atomic E-state index is 5.70. The molecule has 0 fully saturated rings. The molecule has 2 aliphatic heterocycles. The predicted molar refractivity (Wildman–Crippen MR) is 80.3 cm³/mol. The molecule has 110 valence electrons. The molecule has 1 aromatic carbocycles. The summed E-state index contributed by atoms with van der Waals surface area (Å²) in [5, 5.41) is 8.05. The number of benzene rings is 1. The minimum absolute atomic E-state index is 0.261. The molecule has 2 aromatic rings. The summed E-state index contributed by atoms with van der Waals surface area (Å²) in [4.78, 5) is 0. The molecule has 3 heterocycles. The zero-order chi connectivity index (χ0) is 14.2. The summed E-state index contributed by atoms with van der Waals surface area (Å²) in [6, 6.07) is 6.50. The third kappa shape index (κ3) is 2.04. The SMILES string of the molecule is CCc1cnn2c1NCCC2c1ccc2c(c1)OCCO2. The van der Waals surface area contributed by atoms with Crippen LogP contribution in [-0.4, -0.2) is 29.5 Å². The van der Waals surface area contributed by atoms with Gasteiger partial charge in [0.2, 0.25) is 0 Å². The standard InChI is InChI=1S/C16H19N3O2/c1-2-11-10-18-19-13(5-6-17-16(11)19)12-3-4-14-15(9-12)21-8-7-20-14/h3-4,9-10,13,17H,2,5-8H2,1H3. The van der Waals surface area contributed by atoms with Gasteiger partial charge in [0.15, 0.2) is 11.5 Å². The summed E-state index contributed by atoms with van der Waals surface area (Å²) in [6.45, 7) is 4.38. The summed E-state index contributed by atoms with van der Waals surface area (Å²) < 4.78 is 13.4. The van der Waals surface area contributed by atoms with Crippen molar-refractivity contribution in [1.29, 1.82) is 0 Å². The van der Waals surface area contributed by atoms with E-state index in [0.29, 0.717) is 13.2 Å². The Balaban J connectivity index is 1.73.